The first kappa shape index (κ1) is 17.7. The minimum atomic E-state index is -0.835. The molecular formula is C22H23NO4. The van der Waals surface area contributed by atoms with Gasteiger partial charge in [-0.2, -0.15) is 0 Å². The van der Waals surface area contributed by atoms with Gasteiger partial charge in [0.25, 0.3) is 0 Å². The molecule has 1 N–H and O–H groups in total. The Balaban J connectivity index is 1.55. The van der Waals surface area contributed by atoms with Crippen molar-refractivity contribution in [1.29, 1.82) is 0 Å². The molecule has 5 nitrogen and oxygen atoms in total. The molecule has 1 aliphatic carbocycles. The Morgan fingerprint density at radius 1 is 1.11 bits per heavy atom. The van der Waals surface area contributed by atoms with Crippen molar-refractivity contribution in [3.63, 3.8) is 0 Å². The van der Waals surface area contributed by atoms with E-state index in [0.717, 1.165) is 27.2 Å². The molecule has 2 aliphatic rings. The summed E-state index contributed by atoms with van der Waals surface area (Å²) in [6.45, 7) is 3.93. The molecule has 1 unspecified atom stereocenters. The lowest BCUT2D eigenvalue weighted by molar-refractivity contribution is -0.127. The number of ether oxygens (including phenoxy) is 1. The van der Waals surface area contributed by atoms with Gasteiger partial charge in [-0.05, 0) is 28.2 Å². The molecule has 0 spiro atoms. The SMILES string of the molecule is CC(C)C1[C@@H](O)CC(=O)N1C(=O)OCC1c2ccccc2-c2ccccc21. The normalized spacial score (nSPS) is 21.5. The maximum absolute atomic E-state index is 12.7. The van der Waals surface area contributed by atoms with Crippen LogP contribution in [-0.4, -0.2) is 40.8 Å². The van der Waals surface area contributed by atoms with Gasteiger partial charge >= 0.3 is 6.09 Å². The summed E-state index contributed by atoms with van der Waals surface area (Å²) in [7, 11) is 0. The lowest BCUT2D eigenvalue weighted by Gasteiger charge is -2.27. The number of rotatable bonds is 3. The molecule has 0 aromatic heterocycles. The molecule has 1 saturated heterocycles. The monoisotopic (exact) mass is 365 g/mol. The predicted molar refractivity (Wildman–Crippen MR) is 101 cm³/mol. The number of imide groups is 1. The van der Waals surface area contributed by atoms with E-state index < -0.39 is 18.2 Å². The summed E-state index contributed by atoms with van der Waals surface area (Å²) in [6.07, 6.45) is -1.54. The van der Waals surface area contributed by atoms with Crippen molar-refractivity contribution < 1.29 is 19.4 Å². The molecule has 140 valence electrons. The summed E-state index contributed by atoms with van der Waals surface area (Å²) >= 11 is 0. The van der Waals surface area contributed by atoms with Gasteiger partial charge in [0.15, 0.2) is 0 Å². The Morgan fingerprint density at radius 2 is 1.67 bits per heavy atom. The molecule has 4 rings (SSSR count). The second-order valence-corrected chi connectivity index (χ2v) is 7.57. The lowest BCUT2D eigenvalue weighted by Crippen LogP contribution is -2.45. The summed E-state index contributed by atoms with van der Waals surface area (Å²) < 4.78 is 5.58. The molecule has 1 heterocycles. The number of aliphatic hydroxyl groups is 1. The maximum Gasteiger partial charge on any atom is 0.416 e. The van der Waals surface area contributed by atoms with Gasteiger partial charge in [0, 0.05) is 5.92 Å². The topological polar surface area (TPSA) is 66.8 Å². The first-order valence-electron chi connectivity index (χ1n) is 9.34. The Kier molecular flexibility index (Phi) is 4.48. The predicted octanol–water partition coefficient (Wildman–Crippen LogP) is 3.55. The highest BCUT2D eigenvalue weighted by molar-refractivity contribution is 5.94. The standard InChI is InChI=1S/C22H23NO4/c1-13(2)21-19(24)11-20(25)23(21)22(26)27-12-18-16-9-5-3-7-14(16)15-8-4-6-10-17(15)18/h3-10,13,18-19,21,24H,11-12H2,1-2H3/t19-,21?/m0/s1. The fourth-order valence-electron chi connectivity index (χ4n) is 4.37. The largest absolute Gasteiger partial charge is 0.448 e. The third kappa shape index (κ3) is 2.92. The molecule has 0 bridgehead atoms. The van der Waals surface area contributed by atoms with E-state index in [4.69, 9.17) is 4.74 Å². The van der Waals surface area contributed by atoms with Crippen molar-refractivity contribution in [3.8, 4) is 11.1 Å². The number of fused-ring (bicyclic) bond motifs is 3. The summed E-state index contributed by atoms with van der Waals surface area (Å²) in [4.78, 5) is 26.0. The smallest absolute Gasteiger partial charge is 0.416 e. The summed E-state index contributed by atoms with van der Waals surface area (Å²) in [5.74, 6) is -0.466. The molecule has 1 aliphatic heterocycles. The second kappa shape index (κ2) is 6.82. The average Bonchev–Trinajstić information content (AvgIpc) is 3.13. The van der Waals surface area contributed by atoms with Crippen molar-refractivity contribution in [2.45, 2.75) is 38.3 Å². The average molecular weight is 365 g/mol. The zero-order valence-corrected chi connectivity index (χ0v) is 15.5. The number of hydrogen-bond donors (Lipinski definition) is 1. The second-order valence-electron chi connectivity index (χ2n) is 7.57. The summed E-state index contributed by atoms with van der Waals surface area (Å²) in [5, 5.41) is 10.1. The number of hydrogen-bond acceptors (Lipinski definition) is 4. The molecule has 2 amide bonds. The third-order valence-corrected chi connectivity index (χ3v) is 5.56. The van der Waals surface area contributed by atoms with Crippen LogP contribution in [0.25, 0.3) is 11.1 Å². The van der Waals surface area contributed by atoms with E-state index in [0.29, 0.717) is 0 Å². The van der Waals surface area contributed by atoms with Gasteiger partial charge in [-0.15, -0.1) is 0 Å². The van der Waals surface area contributed by atoms with Crippen LogP contribution in [0, 0.1) is 5.92 Å². The van der Waals surface area contributed by atoms with Crippen LogP contribution < -0.4 is 0 Å². The Bertz CT molecular complexity index is 846. The third-order valence-electron chi connectivity index (χ3n) is 5.56. The van der Waals surface area contributed by atoms with Gasteiger partial charge < -0.3 is 9.84 Å². The minimum absolute atomic E-state index is 0.0347. The van der Waals surface area contributed by atoms with Gasteiger partial charge in [0.2, 0.25) is 5.91 Å². The van der Waals surface area contributed by atoms with E-state index in [1.54, 1.807) is 0 Å². The van der Waals surface area contributed by atoms with Crippen molar-refractivity contribution in [2.24, 2.45) is 5.92 Å². The highest BCUT2D eigenvalue weighted by atomic mass is 16.6. The number of benzene rings is 2. The molecule has 0 saturated carbocycles. The van der Waals surface area contributed by atoms with E-state index in [-0.39, 0.29) is 30.8 Å². The van der Waals surface area contributed by atoms with Crippen LogP contribution in [0.2, 0.25) is 0 Å². The number of likely N-dealkylation sites (tertiary alicyclic amines) is 1. The van der Waals surface area contributed by atoms with Crippen molar-refractivity contribution in [2.75, 3.05) is 6.61 Å². The fraction of sp³-hybridized carbons (Fsp3) is 0.364. The van der Waals surface area contributed by atoms with Crippen molar-refractivity contribution in [1.82, 2.24) is 4.90 Å². The first-order chi connectivity index (χ1) is 13.0. The Labute approximate surface area is 158 Å². The zero-order valence-electron chi connectivity index (χ0n) is 15.5. The van der Waals surface area contributed by atoms with Gasteiger partial charge in [0.05, 0.1) is 18.6 Å². The molecule has 2 atom stereocenters. The number of nitrogens with zero attached hydrogens (tertiary/aromatic N) is 1. The summed E-state index contributed by atoms with van der Waals surface area (Å²) in [6, 6.07) is 15.7. The fourth-order valence-corrected chi connectivity index (χ4v) is 4.37. The lowest BCUT2D eigenvalue weighted by atomic mass is 9.98. The van der Waals surface area contributed by atoms with Crippen LogP contribution in [0.15, 0.2) is 48.5 Å². The van der Waals surface area contributed by atoms with E-state index in [2.05, 4.69) is 24.3 Å². The van der Waals surface area contributed by atoms with Gasteiger partial charge in [-0.25, -0.2) is 9.69 Å². The number of aliphatic hydroxyl groups excluding tert-OH is 1. The quantitative estimate of drug-likeness (QED) is 0.903. The zero-order chi connectivity index (χ0) is 19.1. The highest BCUT2D eigenvalue weighted by Gasteiger charge is 2.45. The molecule has 27 heavy (non-hydrogen) atoms. The van der Waals surface area contributed by atoms with E-state index >= 15 is 0 Å². The number of carbonyl (C=O) groups excluding carboxylic acids is 2. The van der Waals surface area contributed by atoms with Crippen LogP contribution in [0.3, 0.4) is 0 Å². The van der Waals surface area contributed by atoms with E-state index in [1.807, 2.05) is 38.1 Å². The molecule has 1 fully saturated rings. The summed E-state index contributed by atoms with van der Waals surface area (Å²) in [5.41, 5.74) is 4.56. The first-order valence-corrected chi connectivity index (χ1v) is 9.34. The van der Waals surface area contributed by atoms with Crippen LogP contribution in [0.1, 0.15) is 37.3 Å². The Hall–Kier alpha value is -2.66. The van der Waals surface area contributed by atoms with Gasteiger partial charge in [-0.1, -0.05) is 62.4 Å². The van der Waals surface area contributed by atoms with Gasteiger partial charge in [0.1, 0.15) is 6.61 Å². The van der Waals surface area contributed by atoms with Crippen LogP contribution >= 0.6 is 0 Å². The van der Waals surface area contributed by atoms with Crippen molar-refractivity contribution in [3.05, 3.63) is 59.7 Å². The molecule has 0 radical (unpaired) electrons. The van der Waals surface area contributed by atoms with Crippen molar-refractivity contribution >= 4 is 12.0 Å². The highest BCUT2D eigenvalue weighted by Crippen LogP contribution is 2.44. The molecular weight excluding hydrogens is 342 g/mol. The Morgan fingerprint density at radius 3 is 2.22 bits per heavy atom. The molecule has 2 aromatic carbocycles. The van der Waals surface area contributed by atoms with Crippen LogP contribution in [-0.2, 0) is 9.53 Å². The van der Waals surface area contributed by atoms with Crippen LogP contribution in [0.4, 0.5) is 4.79 Å². The molecule has 2 aromatic rings. The molecule has 5 heteroatoms. The maximum atomic E-state index is 12.7. The minimum Gasteiger partial charge on any atom is -0.448 e. The number of carbonyl (C=O) groups is 2. The number of amides is 2. The van der Waals surface area contributed by atoms with Crippen LogP contribution in [0.5, 0.6) is 0 Å². The van der Waals surface area contributed by atoms with Gasteiger partial charge in [-0.3, -0.25) is 4.79 Å². The van der Waals surface area contributed by atoms with E-state index in [9.17, 15) is 14.7 Å². The van der Waals surface area contributed by atoms with E-state index in [1.165, 1.54) is 0 Å².